The lowest BCUT2D eigenvalue weighted by atomic mass is 9.81. The van der Waals surface area contributed by atoms with Gasteiger partial charge in [-0.1, -0.05) is 85.0 Å². The van der Waals surface area contributed by atoms with Crippen LogP contribution in [0.1, 0.15) is 111 Å². The second kappa shape index (κ2) is 13.2. The average molecular weight is 342 g/mol. The van der Waals surface area contributed by atoms with Gasteiger partial charge in [0.25, 0.3) is 0 Å². The molecular weight excluding hydrogens is 292 g/mol. The van der Waals surface area contributed by atoms with Crippen molar-refractivity contribution in [2.45, 2.75) is 116 Å². The second-order valence-corrected chi connectivity index (χ2v) is 8.83. The van der Waals surface area contributed by atoms with E-state index in [4.69, 9.17) is 5.73 Å². The molecule has 0 aromatic carbocycles. The van der Waals surface area contributed by atoms with Crippen molar-refractivity contribution in [3.8, 4) is 0 Å². The van der Waals surface area contributed by atoms with Gasteiger partial charge in [0.1, 0.15) is 0 Å². The summed E-state index contributed by atoms with van der Waals surface area (Å²) in [5.74, 6) is 0.645. The third-order valence-corrected chi connectivity index (χ3v) is 6.01. The van der Waals surface area contributed by atoms with Crippen molar-refractivity contribution in [1.29, 1.82) is 0 Å². The molecule has 0 saturated carbocycles. The molecular formula is C22H49N2+. The number of hydrogen-bond acceptors (Lipinski definition) is 1. The maximum Gasteiger partial charge on any atom is 0.152 e. The van der Waals surface area contributed by atoms with Gasteiger partial charge in [0.15, 0.2) is 5.66 Å². The fourth-order valence-corrected chi connectivity index (χ4v) is 4.17. The summed E-state index contributed by atoms with van der Waals surface area (Å²) in [4.78, 5) is 0. The molecule has 0 radical (unpaired) electrons. The first-order valence-corrected chi connectivity index (χ1v) is 10.9. The molecule has 2 N–H and O–H groups in total. The highest BCUT2D eigenvalue weighted by atomic mass is 15.4. The first kappa shape index (κ1) is 23.9. The summed E-state index contributed by atoms with van der Waals surface area (Å²) in [6, 6.07) is 0. The van der Waals surface area contributed by atoms with Gasteiger partial charge >= 0.3 is 0 Å². The third kappa shape index (κ3) is 8.85. The first-order chi connectivity index (χ1) is 11.3. The van der Waals surface area contributed by atoms with Gasteiger partial charge < -0.3 is 4.48 Å². The molecule has 2 atom stereocenters. The summed E-state index contributed by atoms with van der Waals surface area (Å²) in [5.41, 5.74) is 6.87. The van der Waals surface area contributed by atoms with Crippen LogP contribution in [0.15, 0.2) is 0 Å². The van der Waals surface area contributed by atoms with Crippen molar-refractivity contribution in [2.75, 3.05) is 21.1 Å². The number of nitrogens with two attached hydrogens (primary N) is 1. The van der Waals surface area contributed by atoms with E-state index in [0.717, 1.165) is 10.9 Å². The van der Waals surface area contributed by atoms with Crippen molar-refractivity contribution >= 4 is 0 Å². The van der Waals surface area contributed by atoms with E-state index in [1.54, 1.807) is 0 Å². The van der Waals surface area contributed by atoms with Crippen LogP contribution in [0.25, 0.3) is 0 Å². The van der Waals surface area contributed by atoms with Crippen LogP contribution < -0.4 is 5.73 Å². The molecule has 2 nitrogen and oxygen atoms in total. The summed E-state index contributed by atoms with van der Waals surface area (Å²) in [6.45, 7) is 6.89. The second-order valence-electron chi connectivity index (χ2n) is 8.83. The Balaban J connectivity index is 4.00. The molecule has 0 aliphatic carbocycles. The van der Waals surface area contributed by atoms with Gasteiger partial charge in [-0.15, -0.1) is 0 Å². The number of quaternary nitrogens is 1. The minimum Gasteiger partial charge on any atom is -0.314 e. The van der Waals surface area contributed by atoms with E-state index < -0.39 is 0 Å². The van der Waals surface area contributed by atoms with Gasteiger partial charge in [0, 0.05) is 12.3 Å². The molecule has 0 rings (SSSR count). The molecule has 24 heavy (non-hydrogen) atoms. The molecule has 0 fully saturated rings. The van der Waals surface area contributed by atoms with E-state index in [2.05, 4.69) is 41.9 Å². The van der Waals surface area contributed by atoms with Crippen LogP contribution in [0, 0.1) is 5.92 Å². The van der Waals surface area contributed by atoms with Crippen LogP contribution in [0.5, 0.6) is 0 Å². The molecule has 0 aliphatic rings. The SMILES string of the molecule is CCCCCCCCCCCCC(CC)C(N)(CCC)[N+](C)(C)C. The van der Waals surface area contributed by atoms with Crippen LogP contribution in [0.4, 0.5) is 0 Å². The Hall–Kier alpha value is -0.0800. The number of nitrogens with zero attached hydrogens (tertiary/aromatic N) is 1. The quantitative estimate of drug-likeness (QED) is 0.194. The molecule has 0 aromatic rings. The molecule has 0 saturated heterocycles. The molecule has 0 amide bonds. The Morgan fingerprint density at radius 1 is 0.708 bits per heavy atom. The van der Waals surface area contributed by atoms with E-state index in [-0.39, 0.29) is 5.66 Å². The highest BCUT2D eigenvalue weighted by Crippen LogP contribution is 2.33. The largest absolute Gasteiger partial charge is 0.314 e. The predicted octanol–water partition coefficient (Wildman–Crippen LogP) is 6.48. The minimum absolute atomic E-state index is 0.0667. The maximum atomic E-state index is 6.93. The van der Waals surface area contributed by atoms with Crippen LogP contribution in [0.3, 0.4) is 0 Å². The van der Waals surface area contributed by atoms with E-state index in [9.17, 15) is 0 Å². The molecule has 2 heteroatoms. The molecule has 0 spiro atoms. The van der Waals surface area contributed by atoms with Gasteiger partial charge in [-0.2, -0.15) is 0 Å². The zero-order chi connectivity index (χ0) is 18.5. The Kier molecular flexibility index (Phi) is 13.1. The van der Waals surface area contributed by atoms with Gasteiger partial charge in [-0.05, 0) is 19.3 Å². The minimum atomic E-state index is -0.0667. The predicted molar refractivity (Wildman–Crippen MR) is 110 cm³/mol. The third-order valence-electron chi connectivity index (χ3n) is 6.01. The molecule has 2 unspecified atom stereocenters. The highest BCUT2D eigenvalue weighted by Gasteiger charge is 2.44. The van der Waals surface area contributed by atoms with Gasteiger partial charge in [0.2, 0.25) is 0 Å². The molecule has 0 aromatic heterocycles. The summed E-state index contributed by atoms with van der Waals surface area (Å²) in [5, 5.41) is 0. The lowest BCUT2D eigenvalue weighted by Gasteiger charge is -2.48. The lowest BCUT2D eigenvalue weighted by molar-refractivity contribution is -0.929. The summed E-state index contributed by atoms with van der Waals surface area (Å²) < 4.78 is 0.886. The first-order valence-electron chi connectivity index (χ1n) is 10.9. The van der Waals surface area contributed by atoms with Crippen LogP contribution >= 0.6 is 0 Å². The fraction of sp³-hybridized carbons (Fsp3) is 1.00. The van der Waals surface area contributed by atoms with E-state index in [0.29, 0.717) is 5.92 Å². The lowest BCUT2D eigenvalue weighted by Crippen LogP contribution is -2.67. The number of rotatable bonds is 16. The maximum absolute atomic E-state index is 6.93. The molecule has 0 aliphatic heterocycles. The van der Waals surface area contributed by atoms with Gasteiger partial charge in [0.05, 0.1) is 21.1 Å². The fourth-order valence-electron chi connectivity index (χ4n) is 4.17. The Morgan fingerprint density at radius 2 is 1.17 bits per heavy atom. The van der Waals surface area contributed by atoms with E-state index >= 15 is 0 Å². The molecule has 0 heterocycles. The number of hydrogen-bond donors (Lipinski definition) is 1. The van der Waals surface area contributed by atoms with Gasteiger partial charge in [-0.3, -0.25) is 5.73 Å². The van der Waals surface area contributed by atoms with E-state index in [1.807, 2.05) is 0 Å². The standard InChI is InChI=1S/C22H49N2/c1-7-10-11-12-13-14-15-16-17-18-19-21(9-3)22(23,20-8-2)24(4,5)6/h21H,7-20,23H2,1-6H3/q+1. The van der Waals surface area contributed by atoms with E-state index in [1.165, 1.54) is 83.5 Å². The van der Waals surface area contributed by atoms with Crippen LogP contribution in [-0.2, 0) is 0 Å². The highest BCUT2D eigenvalue weighted by molar-refractivity contribution is 4.82. The normalized spacial score (nSPS) is 16.1. The molecule has 146 valence electrons. The summed E-state index contributed by atoms with van der Waals surface area (Å²) >= 11 is 0. The topological polar surface area (TPSA) is 26.0 Å². The molecule has 0 bridgehead atoms. The summed E-state index contributed by atoms with van der Waals surface area (Å²) in [7, 11) is 6.82. The van der Waals surface area contributed by atoms with Crippen molar-refractivity contribution in [3.63, 3.8) is 0 Å². The number of unbranched alkanes of at least 4 members (excludes halogenated alkanes) is 9. The average Bonchev–Trinajstić information content (AvgIpc) is 2.51. The van der Waals surface area contributed by atoms with Crippen molar-refractivity contribution in [1.82, 2.24) is 0 Å². The Bertz CT molecular complexity index is 282. The smallest absolute Gasteiger partial charge is 0.152 e. The Morgan fingerprint density at radius 3 is 1.54 bits per heavy atom. The van der Waals surface area contributed by atoms with Gasteiger partial charge in [-0.25, -0.2) is 0 Å². The van der Waals surface area contributed by atoms with Crippen molar-refractivity contribution < 1.29 is 4.48 Å². The summed E-state index contributed by atoms with van der Waals surface area (Å²) in [6.07, 6.45) is 19.0. The zero-order valence-electron chi connectivity index (χ0n) is 18.0. The van der Waals surface area contributed by atoms with Crippen molar-refractivity contribution in [3.05, 3.63) is 0 Å². The van der Waals surface area contributed by atoms with Crippen molar-refractivity contribution in [2.24, 2.45) is 11.7 Å². The zero-order valence-corrected chi connectivity index (χ0v) is 18.0. The van der Waals surface area contributed by atoms with Crippen LogP contribution in [0.2, 0.25) is 0 Å². The Labute approximate surface area is 154 Å². The monoisotopic (exact) mass is 341 g/mol. The van der Waals surface area contributed by atoms with Crippen LogP contribution in [-0.4, -0.2) is 31.3 Å².